The molecule has 1 aromatic carbocycles. The highest BCUT2D eigenvalue weighted by Gasteiger charge is 2.34. The van der Waals surface area contributed by atoms with Crippen molar-refractivity contribution in [3.05, 3.63) is 28.2 Å². The summed E-state index contributed by atoms with van der Waals surface area (Å²) in [5.74, 6) is -1.74. The fourth-order valence-corrected chi connectivity index (χ4v) is 4.24. The first-order valence-corrected chi connectivity index (χ1v) is 9.01. The lowest BCUT2D eigenvalue weighted by Crippen LogP contribution is -2.43. The molecule has 22 heavy (non-hydrogen) atoms. The van der Waals surface area contributed by atoms with E-state index < -0.39 is 27.7 Å². The molecule has 1 atom stereocenters. The van der Waals surface area contributed by atoms with Gasteiger partial charge in [0.2, 0.25) is 0 Å². The van der Waals surface area contributed by atoms with Gasteiger partial charge < -0.3 is 10.2 Å². The van der Waals surface area contributed by atoms with Crippen LogP contribution >= 0.6 is 23.2 Å². The second-order valence-electron chi connectivity index (χ2n) is 5.06. The first kappa shape index (κ1) is 17.1. The van der Waals surface area contributed by atoms with E-state index in [0.717, 1.165) is 4.90 Å². The quantitative estimate of drug-likeness (QED) is 0.807. The monoisotopic (exact) mass is 364 g/mol. The molecule has 1 saturated heterocycles. The Kier molecular flexibility index (Phi) is 4.99. The molecule has 0 bridgehead atoms. The summed E-state index contributed by atoms with van der Waals surface area (Å²) in [5, 5.41) is 3.00. The molecule has 120 valence electrons. The van der Waals surface area contributed by atoms with E-state index in [0.29, 0.717) is 17.1 Å². The summed E-state index contributed by atoms with van der Waals surface area (Å²) in [6.45, 7) is 0. The number of rotatable bonds is 2. The average molecular weight is 365 g/mol. The minimum absolute atomic E-state index is 0.0314. The number of benzene rings is 1. The van der Waals surface area contributed by atoms with Crippen molar-refractivity contribution in [3.63, 3.8) is 0 Å². The zero-order chi connectivity index (χ0) is 16.5. The highest BCUT2D eigenvalue weighted by Crippen LogP contribution is 2.25. The fraction of sp³-hybridized carbons (Fsp3) is 0.385. The van der Waals surface area contributed by atoms with Crippen molar-refractivity contribution in [2.24, 2.45) is 0 Å². The van der Waals surface area contributed by atoms with Crippen molar-refractivity contribution >= 4 is 50.5 Å². The third kappa shape index (κ3) is 3.91. The third-order valence-corrected chi connectivity index (χ3v) is 5.94. The summed E-state index contributed by atoms with van der Waals surface area (Å²) in [7, 11) is -1.71. The van der Waals surface area contributed by atoms with Crippen molar-refractivity contribution in [1.29, 1.82) is 0 Å². The van der Waals surface area contributed by atoms with Gasteiger partial charge in [-0.15, -0.1) is 0 Å². The van der Waals surface area contributed by atoms with E-state index in [-0.39, 0.29) is 16.5 Å². The van der Waals surface area contributed by atoms with Gasteiger partial charge in [0.05, 0.1) is 21.6 Å². The Balaban J connectivity index is 2.02. The van der Waals surface area contributed by atoms with Gasteiger partial charge in [-0.2, -0.15) is 0 Å². The molecule has 1 aromatic rings. The van der Waals surface area contributed by atoms with E-state index in [2.05, 4.69) is 5.32 Å². The second kappa shape index (κ2) is 6.44. The van der Waals surface area contributed by atoms with Crippen molar-refractivity contribution in [2.45, 2.75) is 12.5 Å². The van der Waals surface area contributed by atoms with Gasteiger partial charge in [-0.05, 0) is 24.6 Å². The number of nitrogens with one attached hydrogen (secondary N) is 1. The summed E-state index contributed by atoms with van der Waals surface area (Å²) in [5.41, 5.74) is 0.334. The molecule has 0 aliphatic carbocycles. The number of hydrogen-bond donors (Lipinski definition) is 1. The maximum atomic E-state index is 12.1. The number of carbonyl (C=O) groups is 2. The van der Waals surface area contributed by atoms with Crippen LogP contribution < -0.4 is 5.32 Å². The lowest BCUT2D eigenvalue weighted by Gasteiger charge is -2.22. The van der Waals surface area contributed by atoms with Crippen LogP contribution in [0.4, 0.5) is 5.69 Å². The van der Waals surface area contributed by atoms with E-state index in [4.69, 9.17) is 23.2 Å². The first-order chi connectivity index (χ1) is 10.2. The van der Waals surface area contributed by atoms with Gasteiger partial charge in [0.25, 0.3) is 0 Å². The SMILES string of the molecule is CN(C(=O)C(=O)Nc1ccc(Cl)c(Cl)c1)C1CCS(=O)(=O)C1. The summed E-state index contributed by atoms with van der Waals surface area (Å²) in [4.78, 5) is 25.2. The van der Waals surface area contributed by atoms with Crippen LogP contribution in [-0.4, -0.2) is 49.7 Å². The van der Waals surface area contributed by atoms with E-state index in [1.165, 1.54) is 25.2 Å². The van der Waals surface area contributed by atoms with Gasteiger partial charge in [0.1, 0.15) is 0 Å². The summed E-state index contributed by atoms with van der Waals surface area (Å²) < 4.78 is 22.9. The highest BCUT2D eigenvalue weighted by molar-refractivity contribution is 7.91. The van der Waals surface area contributed by atoms with Crippen molar-refractivity contribution in [2.75, 3.05) is 23.9 Å². The Morgan fingerprint density at radius 2 is 1.95 bits per heavy atom. The lowest BCUT2D eigenvalue weighted by atomic mass is 10.2. The molecule has 0 radical (unpaired) electrons. The third-order valence-electron chi connectivity index (χ3n) is 3.45. The lowest BCUT2D eigenvalue weighted by molar-refractivity contribution is -0.143. The molecule has 1 fully saturated rings. The van der Waals surface area contributed by atoms with Gasteiger partial charge in [-0.3, -0.25) is 9.59 Å². The number of likely N-dealkylation sites (N-methyl/N-ethyl adjacent to an activating group) is 1. The molecule has 0 aromatic heterocycles. The minimum Gasteiger partial charge on any atom is -0.333 e. The molecule has 6 nitrogen and oxygen atoms in total. The highest BCUT2D eigenvalue weighted by atomic mass is 35.5. The normalized spacial score (nSPS) is 19.7. The van der Waals surface area contributed by atoms with Gasteiger partial charge in [0.15, 0.2) is 9.84 Å². The first-order valence-electron chi connectivity index (χ1n) is 6.43. The number of anilines is 1. The number of carbonyl (C=O) groups excluding carboxylic acids is 2. The number of hydrogen-bond acceptors (Lipinski definition) is 4. The Bertz CT molecular complexity index is 721. The Morgan fingerprint density at radius 1 is 1.27 bits per heavy atom. The van der Waals surface area contributed by atoms with Crippen molar-refractivity contribution in [3.8, 4) is 0 Å². The molecule has 1 aliphatic heterocycles. The molecule has 1 aliphatic rings. The van der Waals surface area contributed by atoms with Gasteiger partial charge in [-0.1, -0.05) is 23.2 Å². The largest absolute Gasteiger partial charge is 0.333 e. The molecule has 1 heterocycles. The van der Waals surface area contributed by atoms with Crippen LogP contribution in [0.15, 0.2) is 18.2 Å². The summed E-state index contributed by atoms with van der Waals surface area (Å²) >= 11 is 11.6. The van der Waals surface area contributed by atoms with E-state index in [1.54, 1.807) is 0 Å². The van der Waals surface area contributed by atoms with Gasteiger partial charge >= 0.3 is 11.8 Å². The molecule has 9 heteroatoms. The molecule has 0 spiro atoms. The smallest absolute Gasteiger partial charge is 0.313 e. The van der Waals surface area contributed by atoms with E-state index in [9.17, 15) is 18.0 Å². The predicted octanol–water partition coefficient (Wildman–Crippen LogP) is 1.58. The Labute approximate surface area is 138 Å². The predicted molar refractivity (Wildman–Crippen MR) is 84.9 cm³/mol. The van der Waals surface area contributed by atoms with Gasteiger partial charge in [0, 0.05) is 18.8 Å². The van der Waals surface area contributed by atoms with Crippen molar-refractivity contribution in [1.82, 2.24) is 4.90 Å². The van der Waals surface area contributed by atoms with E-state index in [1.807, 2.05) is 0 Å². The number of sulfone groups is 1. The Hall–Kier alpha value is -1.31. The zero-order valence-electron chi connectivity index (χ0n) is 11.7. The zero-order valence-corrected chi connectivity index (χ0v) is 14.0. The van der Waals surface area contributed by atoms with Crippen LogP contribution in [0.25, 0.3) is 0 Å². The fourth-order valence-electron chi connectivity index (χ4n) is 2.17. The molecular formula is C13H14Cl2N2O4S. The topological polar surface area (TPSA) is 83.6 Å². The van der Waals surface area contributed by atoms with Crippen LogP contribution in [0, 0.1) is 0 Å². The Morgan fingerprint density at radius 3 is 2.50 bits per heavy atom. The molecule has 0 saturated carbocycles. The molecule has 2 rings (SSSR count). The standard InChI is InChI=1S/C13H14Cl2N2O4S/c1-17(9-4-5-22(20,21)7-9)13(19)12(18)16-8-2-3-10(14)11(15)6-8/h2-3,6,9H,4-5,7H2,1H3,(H,16,18). The van der Waals surface area contributed by atoms with Crippen LogP contribution in [0.1, 0.15) is 6.42 Å². The minimum atomic E-state index is -3.13. The van der Waals surface area contributed by atoms with Gasteiger partial charge in [-0.25, -0.2) is 8.42 Å². The number of nitrogens with zero attached hydrogens (tertiary/aromatic N) is 1. The van der Waals surface area contributed by atoms with Crippen LogP contribution in [0.2, 0.25) is 10.0 Å². The maximum Gasteiger partial charge on any atom is 0.313 e. The van der Waals surface area contributed by atoms with Crippen LogP contribution in [-0.2, 0) is 19.4 Å². The van der Waals surface area contributed by atoms with Crippen LogP contribution in [0.3, 0.4) is 0 Å². The molecule has 1 N–H and O–H groups in total. The van der Waals surface area contributed by atoms with Crippen LogP contribution in [0.5, 0.6) is 0 Å². The summed E-state index contributed by atoms with van der Waals surface area (Å²) in [6.07, 6.45) is 0.338. The number of amides is 2. The van der Waals surface area contributed by atoms with E-state index >= 15 is 0 Å². The average Bonchev–Trinajstić information content (AvgIpc) is 2.81. The molecule has 2 amide bonds. The number of halogens is 2. The molecule has 1 unspecified atom stereocenters. The van der Waals surface area contributed by atoms with Crippen molar-refractivity contribution < 1.29 is 18.0 Å². The second-order valence-corrected chi connectivity index (χ2v) is 8.10. The summed E-state index contributed by atoms with van der Waals surface area (Å²) in [6, 6.07) is 3.96. The molecular weight excluding hydrogens is 351 g/mol. The maximum absolute atomic E-state index is 12.1.